The molecule has 2 aromatic carbocycles. The lowest BCUT2D eigenvalue weighted by molar-refractivity contribution is -0.127. The Morgan fingerprint density at radius 1 is 1.05 bits per heavy atom. The van der Waals surface area contributed by atoms with E-state index in [1.165, 1.54) is 4.90 Å². The summed E-state index contributed by atoms with van der Waals surface area (Å²) in [7, 11) is 3.39. The summed E-state index contributed by atoms with van der Waals surface area (Å²) in [6.45, 7) is 0. The van der Waals surface area contributed by atoms with Gasteiger partial charge in [-0.25, -0.2) is 8.78 Å². The van der Waals surface area contributed by atoms with Crippen molar-refractivity contribution in [2.75, 3.05) is 14.1 Å². The summed E-state index contributed by atoms with van der Waals surface area (Å²) in [6, 6.07) is 10.2. The van der Waals surface area contributed by atoms with Crippen LogP contribution in [0, 0.1) is 11.6 Å². The molecule has 0 radical (unpaired) electrons. The van der Waals surface area contributed by atoms with E-state index in [4.69, 9.17) is 0 Å². The Kier molecular flexibility index (Phi) is 4.13. The van der Waals surface area contributed by atoms with Crippen molar-refractivity contribution in [1.82, 2.24) is 4.90 Å². The molecule has 0 spiro atoms. The van der Waals surface area contributed by atoms with Crippen LogP contribution in [0.5, 0.6) is 0 Å². The van der Waals surface area contributed by atoms with Gasteiger partial charge in [0.05, 0.1) is 6.42 Å². The molecular weight excluding hydrogens is 260 g/mol. The maximum atomic E-state index is 13.6. The largest absolute Gasteiger partial charge is 0.349 e. The first-order valence-corrected chi connectivity index (χ1v) is 6.22. The van der Waals surface area contributed by atoms with Crippen LogP contribution in [0.25, 0.3) is 11.1 Å². The van der Waals surface area contributed by atoms with E-state index in [0.717, 1.165) is 23.8 Å². The molecule has 0 N–H and O–H groups in total. The summed E-state index contributed by atoms with van der Waals surface area (Å²) in [5.41, 5.74) is 1.64. The Bertz CT molecular complexity index is 621. The molecule has 0 fully saturated rings. The highest BCUT2D eigenvalue weighted by Crippen LogP contribution is 2.24. The Hall–Kier alpha value is -2.23. The quantitative estimate of drug-likeness (QED) is 0.842. The summed E-state index contributed by atoms with van der Waals surface area (Å²) >= 11 is 0. The van der Waals surface area contributed by atoms with Gasteiger partial charge in [0.25, 0.3) is 0 Å². The number of carbonyl (C=O) groups excluding carboxylic acids is 1. The van der Waals surface area contributed by atoms with Crippen molar-refractivity contribution in [3.63, 3.8) is 0 Å². The van der Waals surface area contributed by atoms with Crippen molar-refractivity contribution >= 4 is 5.91 Å². The number of carbonyl (C=O) groups is 1. The van der Waals surface area contributed by atoms with Gasteiger partial charge in [0.1, 0.15) is 11.6 Å². The second-order valence-corrected chi connectivity index (χ2v) is 4.79. The highest BCUT2D eigenvalue weighted by Gasteiger charge is 2.08. The number of rotatable bonds is 3. The van der Waals surface area contributed by atoms with Crippen LogP contribution < -0.4 is 0 Å². The second-order valence-electron chi connectivity index (χ2n) is 4.79. The standard InChI is InChI=1S/C16H15F2NO/c1-19(2)16(20)9-11-3-5-12(6-4-11)14-10-13(17)7-8-15(14)18/h3-8,10H,9H2,1-2H3. The zero-order valence-electron chi connectivity index (χ0n) is 11.4. The Balaban J connectivity index is 2.24. The third-order valence-corrected chi connectivity index (χ3v) is 3.05. The van der Waals surface area contributed by atoms with E-state index in [1.807, 2.05) is 0 Å². The van der Waals surface area contributed by atoms with Crippen LogP contribution in [0.15, 0.2) is 42.5 Å². The first-order chi connectivity index (χ1) is 9.47. The van der Waals surface area contributed by atoms with Crippen molar-refractivity contribution in [3.8, 4) is 11.1 Å². The third kappa shape index (κ3) is 3.20. The zero-order valence-corrected chi connectivity index (χ0v) is 11.4. The lowest BCUT2D eigenvalue weighted by Crippen LogP contribution is -2.23. The molecule has 0 saturated carbocycles. The van der Waals surface area contributed by atoms with E-state index < -0.39 is 11.6 Å². The molecule has 0 aliphatic carbocycles. The normalized spacial score (nSPS) is 10.4. The van der Waals surface area contributed by atoms with Gasteiger partial charge in [0.2, 0.25) is 5.91 Å². The molecule has 0 saturated heterocycles. The lowest BCUT2D eigenvalue weighted by atomic mass is 10.0. The maximum absolute atomic E-state index is 13.6. The smallest absolute Gasteiger partial charge is 0.226 e. The van der Waals surface area contributed by atoms with E-state index >= 15 is 0 Å². The average Bonchev–Trinajstić information content (AvgIpc) is 2.42. The molecule has 0 heterocycles. The minimum Gasteiger partial charge on any atom is -0.349 e. The molecular formula is C16H15F2NO. The highest BCUT2D eigenvalue weighted by molar-refractivity contribution is 5.78. The highest BCUT2D eigenvalue weighted by atomic mass is 19.1. The Morgan fingerprint density at radius 2 is 1.70 bits per heavy atom. The van der Waals surface area contributed by atoms with Gasteiger partial charge < -0.3 is 4.90 Å². The van der Waals surface area contributed by atoms with Gasteiger partial charge in [0, 0.05) is 19.7 Å². The Morgan fingerprint density at radius 3 is 2.30 bits per heavy atom. The van der Waals surface area contributed by atoms with E-state index in [0.29, 0.717) is 12.0 Å². The van der Waals surface area contributed by atoms with Crippen LogP contribution in [0.2, 0.25) is 0 Å². The van der Waals surface area contributed by atoms with Crippen LogP contribution in [0.4, 0.5) is 8.78 Å². The minimum absolute atomic E-state index is 0.00492. The maximum Gasteiger partial charge on any atom is 0.226 e. The monoisotopic (exact) mass is 275 g/mol. The number of likely N-dealkylation sites (N-methyl/N-ethyl adjacent to an activating group) is 1. The second kappa shape index (κ2) is 5.82. The van der Waals surface area contributed by atoms with E-state index in [-0.39, 0.29) is 11.5 Å². The molecule has 0 unspecified atom stereocenters. The summed E-state index contributed by atoms with van der Waals surface area (Å²) < 4.78 is 26.8. The molecule has 0 aliphatic heterocycles. The first kappa shape index (κ1) is 14.2. The van der Waals surface area contributed by atoms with Crippen LogP contribution in [-0.2, 0) is 11.2 Å². The van der Waals surface area contributed by atoms with Gasteiger partial charge in [-0.3, -0.25) is 4.79 Å². The van der Waals surface area contributed by atoms with Crippen molar-refractivity contribution in [3.05, 3.63) is 59.7 Å². The van der Waals surface area contributed by atoms with Gasteiger partial charge in [-0.15, -0.1) is 0 Å². The van der Waals surface area contributed by atoms with Crippen LogP contribution >= 0.6 is 0 Å². The molecule has 20 heavy (non-hydrogen) atoms. The molecule has 2 rings (SSSR count). The number of hydrogen-bond acceptors (Lipinski definition) is 1. The van der Waals surface area contributed by atoms with Crippen molar-refractivity contribution < 1.29 is 13.6 Å². The molecule has 2 nitrogen and oxygen atoms in total. The van der Waals surface area contributed by atoms with Crippen molar-refractivity contribution in [1.29, 1.82) is 0 Å². The lowest BCUT2D eigenvalue weighted by Gasteiger charge is -2.10. The number of halogens is 2. The molecule has 1 amide bonds. The molecule has 4 heteroatoms. The van der Waals surface area contributed by atoms with E-state index in [2.05, 4.69) is 0 Å². The Labute approximate surface area is 116 Å². The van der Waals surface area contributed by atoms with Crippen molar-refractivity contribution in [2.45, 2.75) is 6.42 Å². The topological polar surface area (TPSA) is 20.3 Å². The fourth-order valence-corrected chi connectivity index (χ4v) is 1.85. The predicted octanol–water partition coefficient (Wildman–Crippen LogP) is 3.26. The number of hydrogen-bond donors (Lipinski definition) is 0. The first-order valence-electron chi connectivity index (χ1n) is 6.22. The van der Waals surface area contributed by atoms with Crippen LogP contribution in [-0.4, -0.2) is 24.9 Å². The molecule has 0 bridgehead atoms. The molecule has 2 aromatic rings. The summed E-state index contributed by atoms with van der Waals surface area (Å²) in [6.07, 6.45) is 0.291. The van der Waals surface area contributed by atoms with Crippen LogP contribution in [0.1, 0.15) is 5.56 Å². The van der Waals surface area contributed by atoms with E-state index in [1.54, 1.807) is 38.4 Å². The molecule has 0 atom stereocenters. The van der Waals surface area contributed by atoms with Crippen molar-refractivity contribution in [2.24, 2.45) is 0 Å². The van der Waals surface area contributed by atoms with Gasteiger partial charge in [0.15, 0.2) is 0 Å². The predicted molar refractivity (Wildman–Crippen MR) is 74.2 cm³/mol. The average molecular weight is 275 g/mol. The van der Waals surface area contributed by atoms with E-state index in [9.17, 15) is 13.6 Å². The van der Waals surface area contributed by atoms with Gasteiger partial charge in [-0.2, -0.15) is 0 Å². The van der Waals surface area contributed by atoms with Gasteiger partial charge in [-0.1, -0.05) is 24.3 Å². The number of amides is 1. The number of benzene rings is 2. The van der Waals surface area contributed by atoms with Crippen LogP contribution in [0.3, 0.4) is 0 Å². The minimum atomic E-state index is -0.478. The molecule has 104 valence electrons. The zero-order chi connectivity index (χ0) is 14.7. The fraction of sp³-hybridized carbons (Fsp3) is 0.188. The SMILES string of the molecule is CN(C)C(=O)Cc1ccc(-c2cc(F)ccc2F)cc1. The third-order valence-electron chi connectivity index (χ3n) is 3.05. The summed E-state index contributed by atoms with van der Waals surface area (Å²) in [5, 5.41) is 0. The molecule has 0 aliphatic rings. The summed E-state index contributed by atoms with van der Waals surface area (Å²) in [5.74, 6) is -0.952. The van der Waals surface area contributed by atoms with Gasteiger partial charge in [-0.05, 0) is 29.3 Å². The number of nitrogens with zero attached hydrogens (tertiary/aromatic N) is 1. The van der Waals surface area contributed by atoms with Gasteiger partial charge >= 0.3 is 0 Å². The molecule has 0 aromatic heterocycles. The fourth-order valence-electron chi connectivity index (χ4n) is 1.85. The summed E-state index contributed by atoms with van der Waals surface area (Å²) in [4.78, 5) is 13.1.